The Kier molecular flexibility index (Phi) is 4.76. The summed E-state index contributed by atoms with van der Waals surface area (Å²) in [4.78, 5) is 15.2. The van der Waals surface area contributed by atoms with Crippen LogP contribution < -0.4 is 4.74 Å². The van der Waals surface area contributed by atoms with Gasteiger partial charge in [-0.3, -0.25) is 4.79 Å². The van der Waals surface area contributed by atoms with Crippen molar-refractivity contribution >= 4 is 5.78 Å². The van der Waals surface area contributed by atoms with Gasteiger partial charge in [0.2, 0.25) is 11.5 Å². The molecular formula is C21H27NO7. The number of piperidine rings is 1. The Morgan fingerprint density at radius 2 is 1.86 bits per heavy atom. The van der Waals surface area contributed by atoms with Crippen molar-refractivity contribution in [2.75, 3.05) is 42.0 Å². The molecule has 4 rings (SSSR count). The van der Waals surface area contributed by atoms with Crippen LogP contribution >= 0.6 is 0 Å². The molecule has 8 heteroatoms. The fourth-order valence-electron chi connectivity index (χ4n) is 5.76. The van der Waals surface area contributed by atoms with Gasteiger partial charge in [-0.05, 0) is 25.1 Å². The zero-order valence-electron chi connectivity index (χ0n) is 17.3. The summed E-state index contributed by atoms with van der Waals surface area (Å²) in [5.41, 5.74) is 0.168. The van der Waals surface area contributed by atoms with Gasteiger partial charge in [-0.2, -0.15) is 0 Å². The van der Waals surface area contributed by atoms with E-state index in [4.69, 9.17) is 18.9 Å². The van der Waals surface area contributed by atoms with Crippen molar-refractivity contribution in [3.8, 4) is 11.5 Å². The van der Waals surface area contributed by atoms with E-state index in [1.165, 1.54) is 28.4 Å². The van der Waals surface area contributed by atoms with Crippen LogP contribution in [0, 0.1) is 5.92 Å². The number of likely N-dealkylation sites (tertiary alicyclic amines) is 1. The van der Waals surface area contributed by atoms with Crippen LogP contribution in [0.4, 0.5) is 0 Å². The van der Waals surface area contributed by atoms with E-state index in [9.17, 15) is 15.0 Å². The Balaban J connectivity index is 2.16. The third kappa shape index (κ3) is 2.33. The van der Waals surface area contributed by atoms with Crippen LogP contribution in [0.2, 0.25) is 0 Å². The standard InChI is InChI=1S/C21H27NO7/c1-22-9-13(23)21-14-10(6-7-12(26-2)16(14)24)8-11(22)15(21)18(27-3)17(25)19(28-4)20(21)29-5/h6-7,11,13,15,18,23-24H,8-9H2,1-5H3. The van der Waals surface area contributed by atoms with Crippen LogP contribution in [-0.4, -0.2) is 81.2 Å². The molecule has 1 aliphatic heterocycles. The van der Waals surface area contributed by atoms with Crippen molar-refractivity contribution in [3.05, 3.63) is 34.8 Å². The Hall–Kier alpha value is -2.29. The van der Waals surface area contributed by atoms with Gasteiger partial charge in [0.15, 0.2) is 17.3 Å². The molecule has 0 saturated carbocycles. The van der Waals surface area contributed by atoms with E-state index in [-0.39, 0.29) is 29.1 Å². The number of aliphatic hydroxyl groups is 1. The third-order valence-corrected chi connectivity index (χ3v) is 6.84. The minimum Gasteiger partial charge on any atom is -0.504 e. The average molecular weight is 405 g/mol. The van der Waals surface area contributed by atoms with Crippen molar-refractivity contribution < 1.29 is 34.0 Å². The van der Waals surface area contributed by atoms with Crippen LogP contribution in [0.3, 0.4) is 0 Å². The molecule has 0 radical (unpaired) electrons. The van der Waals surface area contributed by atoms with E-state index in [1.54, 1.807) is 6.07 Å². The number of benzene rings is 1. The van der Waals surface area contributed by atoms with Gasteiger partial charge in [0.25, 0.3) is 0 Å². The minimum atomic E-state index is -1.21. The van der Waals surface area contributed by atoms with Gasteiger partial charge in [-0.15, -0.1) is 0 Å². The van der Waals surface area contributed by atoms with Crippen molar-refractivity contribution in [2.45, 2.75) is 30.1 Å². The predicted octanol–water partition coefficient (Wildman–Crippen LogP) is 0.588. The minimum absolute atomic E-state index is 0.00743. The molecular weight excluding hydrogens is 378 g/mol. The molecule has 1 heterocycles. The highest BCUT2D eigenvalue weighted by Crippen LogP contribution is 2.60. The molecule has 158 valence electrons. The smallest absolute Gasteiger partial charge is 0.229 e. The molecule has 0 aromatic heterocycles. The number of Topliss-reactive ketones (excluding diaryl/α,β-unsaturated/α-hetero) is 1. The largest absolute Gasteiger partial charge is 0.504 e. The summed E-state index contributed by atoms with van der Waals surface area (Å²) in [6.07, 6.45) is -1.24. The highest BCUT2D eigenvalue weighted by Gasteiger charge is 2.68. The lowest BCUT2D eigenvalue weighted by Crippen LogP contribution is -2.72. The number of phenolic OH excluding ortho intramolecular Hbond substituents is 1. The summed E-state index contributed by atoms with van der Waals surface area (Å²) in [6, 6.07) is 3.50. The second-order valence-electron chi connectivity index (χ2n) is 7.86. The Morgan fingerprint density at radius 1 is 1.14 bits per heavy atom. The maximum atomic E-state index is 13.2. The van der Waals surface area contributed by atoms with Gasteiger partial charge < -0.3 is 34.1 Å². The number of carbonyl (C=O) groups excluding carboxylic acids is 1. The number of nitrogens with zero attached hydrogens (tertiary/aromatic N) is 1. The highest BCUT2D eigenvalue weighted by atomic mass is 16.5. The highest BCUT2D eigenvalue weighted by molar-refractivity contribution is 6.00. The normalized spacial score (nSPS) is 33.8. The topological polar surface area (TPSA) is 97.7 Å². The van der Waals surface area contributed by atoms with Crippen LogP contribution in [-0.2, 0) is 30.8 Å². The number of likely N-dealkylation sites (N-methyl/N-ethyl adjacent to an activating group) is 1. The third-order valence-electron chi connectivity index (χ3n) is 6.84. The van der Waals surface area contributed by atoms with Gasteiger partial charge in [-0.25, -0.2) is 0 Å². The summed E-state index contributed by atoms with van der Waals surface area (Å²) in [5, 5.41) is 22.7. The van der Waals surface area contributed by atoms with Gasteiger partial charge in [0.1, 0.15) is 6.10 Å². The predicted molar refractivity (Wildman–Crippen MR) is 103 cm³/mol. The number of carbonyl (C=O) groups is 1. The SMILES string of the molecule is COC1=C(OC)C23c4c(ccc(OC)c4O)CC(C2C(OC)C1=O)N(C)CC3O. The molecule has 1 aromatic carbocycles. The lowest BCUT2D eigenvalue weighted by atomic mass is 9.51. The van der Waals surface area contributed by atoms with Gasteiger partial charge in [0.05, 0.1) is 32.8 Å². The molecule has 3 aliphatic rings. The maximum absolute atomic E-state index is 13.2. The molecule has 2 aliphatic carbocycles. The van der Waals surface area contributed by atoms with Crippen molar-refractivity contribution in [2.24, 2.45) is 5.92 Å². The van der Waals surface area contributed by atoms with Crippen molar-refractivity contribution in [1.82, 2.24) is 4.90 Å². The molecule has 29 heavy (non-hydrogen) atoms. The number of β-amino-alcohol motifs (C(OH)–C–C–N with tert-alkyl or cyclic N) is 1. The molecule has 0 amide bonds. The summed E-state index contributed by atoms with van der Waals surface area (Å²) >= 11 is 0. The number of ketones is 1. The monoisotopic (exact) mass is 405 g/mol. The van der Waals surface area contributed by atoms with E-state index in [0.717, 1.165) is 5.56 Å². The fourth-order valence-corrected chi connectivity index (χ4v) is 5.76. The fraction of sp³-hybridized carbons (Fsp3) is 0.571. The van der Waals surface area contributed by atoms with E-state index >= 15 is 0 Å². The molecule has 2 bridgehead atoms. The van der Waals surface area contributed by atoms with Crippen molar-refractivity contribution in [1.29, 1.82) is 0 Å². The number of hydrogen-bond acceptors (Lipinski definition) is 8. The van der Waals surface area contributed by atoms with Crippen LogP contribution in [0.15, 0.2) is 23.7 Å². The first-order valence-electron chi connectivity index (χ1n) is 9.55. The zero-order chi connectivity index (χ0) is 21.1. The summed E-state index contributed by atoms with van der Waals surface area (Å²) < 4.78 is 22.2. The first-order chi connectivity index (χ1) is 13.9. The first kappa shape index (κ1) is 20.0. The van der Waals surface area contributed by atoms with Gasteiger partial charge >= 0.3 is 0 Å². The number of hydrogen-bond donors (Lipinski definition) is 2. The number of rotatable bonds is 4. The molecule has 1 aromatic rings. The Bertz CT molecular complexity index is 882. The lowest BCUT2D eigenvalue weighted by Gasteiger charge is -2.60. The van der Waals surface area contributed by atoms with Crippen LogP contribution in [0.1, 0.15) is 11.1 Å². The molecule has 2 N–H and O–H groups in total. The molecule has 5 atom stereocenters. The van der Waals surface area contributed by atoms with E-state index in [2.05, 4.69) is 0 Å². The average Bonchev–Trinajstić information content (AvgIpc) is 2.71. The van der Waals surface area contributed by atoms with E-state index < -0.39 is 23.5 Å². The molecule has 1 saturated heterocycles. The van der Waals surface area contributed by atoms with Crippen LogP contribution in [0.25, 0.3) is 0 Å². The number of aromatic hydroxyl groups is 1. The number of ether oxygens (including phenoxy) is 4. The first-order valence-corrected chi connectivity index (χ1v) is 9.55. The van der Waals surface area contributed by atoms with Gasteiger partial charge in [-0.1, -0.05) is 6.07 Å². The number of fused-ring (bicyclic) bond motifs is 1. The quantitative estimate of drug-likeness (QED) is 0.751. The summed E-state index contributed by atoms with van der Waals surface area (Å²) in [7, 11) is 7.72. The van der Waals surface area contributed by atoms with Crippen LogP contribution in [0.5, 0.6) is 11.5 Å². The van der Waals surface area contributed by atoms with Gasteiger partial charge in [0, 0.05) is 31.2 Å². The maximum Gasteiger partial charge on any atom is 0.229 e. The second-order valence-corrected chi connectivity index (χ2v) is 7.86. The molecule has 5 unspecified atom stereocenters. The number of aliphatic hydroxyl groups excluding tert-OH is 1. The van der Waals surface area contributed by atoms with E-state index in [1.807, 2.05) is 18.0 Å². The van der Waals surface area contributed by atoms with Crippen molar-refractivity contribution in [3.63, 3.8) is 0 Å². The number of phenols is 1. The summed E-state index contributed by atoms with van der Waals surface area (Å²) in [5.74, 6) is -0.349. The molecule has 1 fully saturated rings. The number of methoxy groups -OCH3 is 4. The zero-order valence-corrected chi connectivity index (χ0v) is 17.3. The lowest BCUT2D eigenvalue weighted by molar-refractivity contribution is -0.158. The molecule has 8 nitrogen and oxygen atoms in total. The Labute approximate surface area is 169 Å². The van der Waals surface area contributed by atoms with E-state index in [0.29, 0.717) is 24.3 Å². The summed E-state index contributed by atoms with van der Waals surface area (Å²) in [6.45, 7) is 0.339. The Morgan fingerprint density at radius 3 is 2.45 bits per heavy atom. The second kappa shape index (κ2) is 6.90. The molecule has 0 spiro atoms.